The van der Waals surface area contributed by atoms with Crippen molar-refractivity contribution in [3.05, 3.63) is 83.8 Å². The van der Waals surface area contributed by atoms with Crippen LogP contribution in [0.1, 0.15) is 16.8 Å². The monoisotopic (exact) mass is 469 g/mol. The molecule has 3 amide bonds. The molecule has 1 aromatic heterocycles. The van der Waals surface area contributed by atoms with Crippen LogP contribution in [0.3, 0.4) is 0 Å². The molecular weight excluding hydrogens is 447 g/mol. The minimum atomic E-state index is -0.878. The first-order valence-electron chi connectivity index (χ1n) is 10.7. The fourth-order valence-electron chi connectivity index (χ4n) is 3.65. The number of hydrogen-bond acceptors (Lipinski definition) is 4. The molecule has 34 heavy (non-hydrogen) atoms. The van der Waals surface area contributed by atoms with Crippen molar-refractivity contribution < 1.29 is 22.8 Å². The Balaban J connectivity index is 1.33. The van der Waals surface area contributed by atoms with Gasteiger partial charge in [-0.25, -0.2) is 22.9 Å². The van der Waals surface area contributed by atoms with E-state index in [9.17, 15) is 22.8 Å². The number of aromatic nitrogens is 1. The lowest BCUT2D eigenvalue weighted by Crippen LogP contribution is -2.35. The maximum atomic E-state index is 13.7. The highest BCUT2D eigenvalue weighted by molar-refractivity contribution is 5.99. The number of hydrogen-bond donors (Lipinski definition) is 2. The van der Waals surface area contributed by atoms with E-state index < -0.39 is 17.7 Å². The third-order valence-corrected chi connectivity index (χ3v) is 5.38. The first-order chi connectivity index (χ1) is 16.4. The summed E-state index contributed by atoms with van der Waals surface area (Å²) in [6, 6.07) is 11.1. The molecule has 2 aromatic carbocycles. The Morgan fingerprint density at radius 3 is 2.29 bits per heavy atom. The Bertz CT molecular complexity index is 1170. The number of urea groups is 1. The molecule has 10 heteroatoms. The summed E-state index contributed by atoms with van der Waals surface area (Å²) in [6.45, 7) is 2.32. The standard InChI is InChI=1S/C24H22F3N5O2/c25-17-4-2-16(3-5-17)23(33)32-11-1-10-31(12-13-32)22-9-7-19(15-28-22)29-24(34)30-21-8-6-18(26)14-20(21)27/h2-9,14-15H,1,10-13H2,(H2,29,30,34). The molecule has 0 aliphatic carbocycles. The fraction of sp³-hybridized carbons (Fsp3) is 0.208. The summed E-state index contributed by atoms with van der Waals surface area (Å²) in [5.41, 5.74) is 0.696. The van der Waals surface area contributed by atoms with E-state index in [4.69, 9.17) is 0 Å². The molecule has 0 spiro atoms. The number of anilines is 3. The Kier molecular flexibility index (Phi) is 6.95. The summed E-state index contributed by atoms with van der Waals surface area (Å²) in [4.78, 5) is 33.0. The smallest absolute Gasteiger partial charge is 0.323 e. The second-order valence-electron chi connectivity index (χ2n) is 7.75. The summed E-state index contributed by atoms with van der Waals surface area (Å²) in [5, 5.41) is 4.86. The lowest BCUT2D eigenvalue weighted by molar-refractivity contribution is 0.0767. The number of benzene rings is 2. The van der Waals surface area contributed by atoms with Crippen LogP contribution in [0.15, 0.2) is 60.8 Å². The van der Waals surface area contributed by atoms with Gasteiger partial charge in [0.05, 0.1) is 17.6 Å². The largest absolute Gasteiger partial charge is 0.355 e. The number of nitrogens with zero attached hydrogens (tertiary/aromatic N) is 3. The fourth-order valence-corrected chi connectivity index (χ4v) is 3.65. The molecule has 0 saturated carbocycles. The van der Waals surface area contributed by atoms with E-state index in [-0.39, 0.29) is 17.4 Å². The van der Waals surface area contributed by atoms with Gasteiger partial charge in [-0.05, 0) is 55.0 Å². The number of halogens is 3. The van der Waals surface area contributed by atoms with E-state index in [0.29, 0.717) is 49.3 Å². The lowest BCUT2D eigenvalue weighted by atomic mass is 10.2. The van der Waals surface area contributed by atoms with Gasteiger partial charge in [0, 0.05) is 37.8 Å². The first-order valence-corrected chi connectivity index (χ1v) is 10.7. The van der Waals surface area contributed by atoms with Crippen LogP contribution in [0, 0.1) is 17.5 Å². The van der Waals surface area contributed by atoms with Gasteiger partial charge in [0.25, 0.3) is 5.91 Å². The molecule has 0 bridgehead atoms. The molecule has 0 atom stereocenters. The molecule has 0 radical (unpaired) electrons. The van der Waals surface area contributed by atoms with Crippen LogP contribution in [-0.2, 0) is 0 Å². The van der Waals surface area contributed by atoms with Gasteiger partial charge in [0.15, 0.2) is 0 Å². The van der Waals surface area contributed by atoms with E-state index >= 15 is 0 Å². The normalized spacial score (nSPS) is 13.9. The zero-order valence-corrected chi connectivity index (χ0v) is 18.1. The molecule has 0 unspecified atom stereocenters. The molecule has 4 rings (SSSR count). The summed E-state index contributed by atoms with van der Waals surface area (Å²) in [7, 11) is 0. The zero-order chi connectivity index (χ0) is 24.1. The van der Waals surface area contributed by atoms with E-state index in [1.165, 1.54) is 30.5 Å². The van der Waals surface area contributed by atoms with Crippen molar-refractivity contribution in [1.29, 1.82) is 0 Å². The summed E-state index contributed by atoms with van der Waals surface area (Å²) < 4.78 is 39.8. The van der Waals surface area contributed by atoms with Crippen molar-refractivity contribution in [2.75, 3.05) is 41.7 Å². The van der Waals surface area contributed by atoms with E-state index in [1.807, 2.05) is 4.90 Å². The lowest BCUT2D eigenvalue weighted by Gasteiger charge is -2.23. The third kappa shape index (κ3) is 5.64. The molecule has 7 nitrogen and oxygen atoms in total. The van der Waals surface area contributed by atoms with Crippen LogP contribution in [-0.4, -0.2) is 48.0 Å². The van der Waals surface area contributed by atoms with E-state index in [2.05, 4.69) is 15.6 Å². The summed E-state index contributed by atoms with van der Waals surface area (Å²) >= 11 is 0. The van der Waals surface area contributed by atoms with Crippen molar-refractivity contribution >= 4 is 29.1 Å². The Hall–Kier alpha value is -4.08. The third-order valence-electron chi connectivity index (χ3n) is 5.38. The Morgan fingerprint density at radius 2 is 1.59 bits per heavy atom. The summed E-state index contributed by atoms with van der Waals surface area (Å²) in [6.07, 6.45) is 2.21. The van der Waals surface area contributed by atoms with Crippen molar-refractivity contribution in [1.82, 2.24) is 9.88 Å². The van der Waals surface area contributed by atoms with Crippen LogP contribution < -0.4 is 15.5 Å². The van der Waals surface area contributed by atoms with Crippen molar-refractivity contribution in [2.45, 2.75) is 6.42 Å². The minimum absolute atomic E-state index is 0.141. The highest BCUT2D eigenvalue weighted by Crippen LogP contribution is 2.19. The maximum absolute atomic E-state index is 13.7. The van der Waals surface area contributed by atoms with Gasteiger partial charge >= 0.3 is 6.03 Å². The number of carbonyl (C=O) groups excluding carboxylic acids is 2. The number of pyridine rings is 1. The van der Waals surface area contributed by atoms with Crippen LogP contribution in [0.25, 0.3) is 0 Å². The van der Waals surface area contributed by atoms with Crippen molar-refractivity contribution in [3.8, 4) is 0 Å². The van der Waals surface area contributed by atoms with E-state index in [1.54, 1.807) is 17.0 Å². The highest BCUT2D eigenvalue weighted by Gasteiger charge is 2.21. The predicted molar refractivity (Wildman–Crippen MR) is 122 cm³/mol. The van der Waals surface area contributed by atoms with Gasteiger partial charge < -0.3 is 20.4 Å². The van der Waals surface area contributed by atoms with Crippen LogP contribution in [0.4, 0.5) is 35.2 Å². The van der Waals surface area contributed by atoms with Gasteiger partial charge in [0.1, 0.15) is 23.3 Å². The molecule has 176 valence electrons. The molecular formula is C24H22F3N5O2. The van der Waals surface area contributed by atoms with Gasteiger partial charge in [-0.1, -0.05) is 0 Å². The van der Waals surface area contributed by atoms with E-state index in [0.717, 1.165) is 18.6 Å². The Morgan fingerprint density at radius 1 is 0.824 bits per heavy atom. The van der Waals surface area contributed by atoms with Crippen molar-refractivity contribution in [3.63, 3.8) is 0 Å². The van der Waals surface area contributed by atoms with Gasteiger partial charge in [0.2, 0.25) is 0 Å². The molecule has 3 aromatic rings. The zero-order valence-electron chi connectivity index (χ0n) is 18.1. The first kappa shape index (κ1) is 23.1. The maximum Gasteiger partial charge on any atom is 0.323 e. The predicted octanol–water partition coefficient (Wildman–Crippen LogP) is 4.50. The summed E-state index contributed by atoms with van der Waals surface area (Å²) in [5.74, 6) is -1.45. The molecule has 2 N–H and O–H groups in total. The highest BCUT2D eigenvalue weighted by atomic mass is 19.1. The quantitative estimate of drug-likeness (QED) is 0.590. The van der Waals surface area contributed by atoms with Crippen LogP contribution in [0.2, 0.25) is 0 Å². The molecule has 2 heterocycles. The molecule has 1 aliphatic rings. The SMILES string of the molecule is O=C(Nc1ccc(N2CCCN(C(=O)c3ccc(F)cc3)CC2)nc1)Nc1ccc(F)cc1F. The second kappa shape index (κ2) is 10.2. The average molecular weight is 469 g/mol. The number of amides is 3. The molecule has 1 aliphatic heterocycles. The van der Waals surface area contributed by atoms with Gasteiger partial charge in [-0.15, -0.1) is 0 Å². The second-order valence-corrected chi connectivity index (χ2v) is 7.75. The number of carbonyl (C=O) groups is 2. The minimum Gasteiger partial charge on any atom is -0.355 e. The molecule has 1 saturated heterocycles. The average Bonchev–Trinajstić information content (AvgIpc) is 3.08. The van der Waals surface area contributed by atoms with Crippen molar-refractivity contribution in [2.24, 2.45) is 0 Å². The van der Waals surface area contributed by atoms with Gasteiger partial charge in [-0.2, -0.15) is 0 Å². The van der Waals surface area contributed by atoms with Crippen LogP contribution >= 0.6 is 0 Å². The number of rotatable bonds is 4. The van der Waals surface area contributed by atoms with Gasteiger partial charge in [-0.3, -0.25) is 4.79 Å². The number of nitrogens with one attached hydrogen (secondary N) is 2. The van der Waals surface area contributed by atoms with Crippen LogP contribution in [0.5, 0.6) is 0 Å². The topological polar surface area (TPSA) is 77.6 Å². The molecule has 1 fully saturated rings. The Labute approximate surface area is 194 Å².